The van der Waals surface area contributed by atoms with Gasteiger partial charge in [0.25, 0.3) is 0 Å². The van der Waals surface area contributed by atoms with Crippen LogP contribution in [0.4, 0.5) is 8.78 Å². The van der Waals surface area contributed by atoms with Crippen LogP contribution in [0.3, 0.4) is 0 Å². The summed E-state index contributed by atoms with van der Waals surface area (Å²) in [5, 5.41) is 0. The Kier molecular flexibility index (Phi) is 2.70. The molecule has 0 aliphatic heterocycles. The van der Waals surface area contributed by atoms with Crippen molar-refractivity contribution in [3.63, 3.8) is 0 Å². The molecule has 2 rings (SSSR count). The molecular weight excluding hydrogens is 206 g/mol. The SMILES string of the molecule is C#Cc1ccc(-c2ccc(F)c(F)c2)cc1. The minimum atomic E-state index is -0.849. The molecule has 0 radical (unpaired) electrons. The summed E-state index contributed by atoms with van der Waals surface area (Å²) in [6.07, 6.45) is 5.22. The molecule has 0 bridgehead atoms. The van der Waals surface area contributed by atoms with Gasteiger partial charge in [0.15, 0.2) is 11.6 Å². The van der Waals surface area contributed by atoms with Gasteiger partial charge in [-0.25, -0.2) is 8.78 Å². The van der Waals surface area contributed by atoms with Gasteiger partial charge in [-0.05, 0) is 35.4 Å². The summed E-state index contributed by atoms with van der Waals surface area (Å²) >= 11 is 0. The van der Waals surface area contributed by atoms with Gasteiger partial charge in [0.2, 0.25) is 0 Å². The highest BCUT2D eigenvalue weighted by atomic mass is 19.2. The maximum Gasteiger partial charge on any atom is 0.159 e. The van der Waals surface area contributed by atoms with Crippen molar-refractivity contribution in [2.75, 3.05) is 0 Å². The summed E-state index contributed by atoms with van der Waals surface area (Å²) < 4.78 is 25.7. The largest absolute Gasteiger partial charge is 0.204 e. The van der Waals surface area contributed by atoms with Crippen molar-refractivity contribution in [3.8, 4) is 23.5 Å². The Balaban J connectivity index is 2.43. The molecule has 0 aliphatic carbocycles. The third-order valence-electron chi connectivity index (χ3n) is 2.30. The zero-order valence-corrected chi connectivity index (χ0v) is 8.37. The summed E-state index contributed by atoms with van der Waals surface area (Å²) in [6, 6.07) is 10.9. The monoisotopic (exact) mass is 214 g/mol. The van der Waals surface area contributed by atoms with Crippen LogP contribution in [-0.4, -0.2) is 0 Å². The lowest BCUT2D eigenvalue weighted by atomic mass is 10.0. The first kappa shape index (κ1) is 10.4. The van der Waals surface area contributed by atoms with Gasteiger partial charge in [0.05, 0.1) is 0 Å². The highest BCUT2D eigenvalue weighted by Crippen LogP contribution is 2.21. The van der Waals surface area contributed by atoms with Crippen molar-refractivity contribution in [3.05, 3.63) is 59.7 Å². The molecule has 0 nitrogen and oxygen atoms in total. The van der Waals surface area contributed by atoms with Gasteiger partial charge in [-0.2, -0.15) is 0 Å². The second kappa shape index (κ2) is 4.16. The van der Waals surface area contributed by atoms with Gasteiger partial charge in [0, 0.05) is 5.56 Å². The van der Waals surface area contributed by atoms with E-state index in [9.17, 15) is 8.78 Å². The fourth-order valence-electron chi connectivity index (χ4n) is 1.43. The van der Waals surface area contributed by atoms with Crippen LogP contribution in [-0.2, 0) is 0 Å². The molecule has 0 N–H and O–H groups in total. The fraction of sp³-hybridized carbons (Fsp3) is 0. The van der Waals surface area contributed by atoms with Crippen LogP contribution in [0.5, 0.6) is 0 Å². The first-order chi connectivity index (χ1) is 7.70. The van der Waals surface area contributed by atoms with E-state index in [1.165, 1.54) is 12.1 Å². The lowest BCUT2D eigenvalue weighted by Crippen LogP contribution is -1.85. The molecule has 2 aromatic rings. The number of halogens is 2. The molecule has 2 aromatic carbocycles. The lowest BCUT2D eigenvalue weighted by Gasteiger charge is -2.02. The summed E-state index contributed by atoms with van der Waals surface area (Å²) in [6.45, 7) is 0. The molecule has 0 aliphatic rings. The van der Waals surface area contributed by atoms with Gasteiger partial charge < -0.3 is 0 Å². The molecule has 0 unspecified atom stereocenters. The Labute approximate surface area is 92.5 Å². The molecular formula is C14H8F2. The molecule has 16 heavy (non-hydrogen) atoms. The molecule has 0 saturated heterocycles. The van der Waals surface area contributed by atoms with Crippen LogP contribution in [0.2, 0.25) is 0 Å². The predicted molar refractivity (Wildman–Crippen MR) is 59.7 cm³/mol. The van der Waals surface area contributed by atoms with E-state index in [-0.39, 0.29) is 0 Å². The Bertz CT molecular complexity index is 548. The number of hydrogen-bond donors (Lipinski definition) is 0. The van der Waals surface area contributed by atoms with E-state index in [1.807, 2.05) is 0 Å². The maximum absolute atomic E-state index is 13.0. The summed E-state index contributed by atoms with van der Waals surface area (Å²) in [5.41, 5.74) is 2.19. The zero-order chi connectivity index (χ0) is 11.5. The molecule has 2 heteroatoms. The average Bonchev–Trinajstić information content (AvgIpc) is 2.33. The van der Waals surface area contributed by atoms with Crippen molar-refractivity contribution < 1.29 is 8.78 Å². The van der Waals surface area contributed by atoms with E-state index in [2.05, 4.69) is 5.92 Å². The van der Waals surface area contributed by atoms with Crippen LogP contribution in [0.25, 0.3) is 11.1 Å². The van der Waals surface area contributed by atoms with Crippen LogP contribution in [0, 0.1) is 24.0 Å². The smallest absolute Gasteiger partial charge is 0.159 e. The molecule has 0 heterocycles. The van der Waals surface area contributed by atoms with Crippen LogP contribution in [0.15, 0.2) is 42.5 Å². The van der Waals surface area contributed by atoms with Gasteiger partial charge in [-0.15, -0.1) is 6.42 Å². The molecule has 0 aromatic heterocycles. The lowest BCUT2D eigenvalue weighted by molar-refractivity contribution is 0.509. The van der Waals surface area contributed by atoms with Crippen molar-refractivity contribution in [1.29, 1.82) is 0 Å². The Hall–Kier alpha value is -2.14. The first-order valence-electron chi connectivity index (χ1n) is 4.73. The van der Waals surface area contributed by atoms with Crippen LogP contribution in [0.1, 0.15) is 5.56 Å². The van der Waals surface area contributed by atoms with Crippen molar-refractivity contribution >= 4 is 0 Å². The quantitative estimate of drug-likeness (QED) is 0.636. The Morgan fingerprint density at radius 3 is 2.00 bits per heavy atom. The van der Waals surface area contributed by atoms with Gasteiger partial charge in [0.1, 0.15) is 0 Å². The number of rotatable bonds is 1. The summed E-state index contributed by atoms with van der Waals surface area (Å²) in [5.74, 6) is 0.800. The third-order valence-corrected chi connectivity index (χ3v) is 2.30. The fourth-order valence-corrected chi connectivity index (χ4v) is 1.43. The van der Waals surface area contributed by atoms with E-state index >= 15 is 0 Å². The minimum Gasteiger partial charge on any atom is -0.204 e. The molecule has 0 spiro atoms. The van der Waals surface area contributed by atoms with E-state index in [1.54, 1.807) is 24.3 Å². The van der Waals surface area contributed by atoms with E-state index < -0.39 is 11.6 Å². The first-order valence-corrected chi connectivity index (χ1v) is 4.73. The van der Waals surface area contributed by atoms with Gasteiger partial charge >= 0.3 is 0 Å². The van der Waals surface area contributed by atoms with Crippen molar-refractivity contribution in [2.24, 2.45) is 0 Å². The molecule has 0 fully saturated rings. The van der Waals surface area contributed by atoms with E-state index in [4.69, 9.17) is 6.42 Å². The summed E-state index contributed by atoms with van der Waals surface area (Å²) in [4.78, 5) is 0. The Morgan fingerprint density at radius 2 is 1.44 bits per heavy atom. The topological polar surface area (TPSA) is 0 Å². The van der Waals surface area contributed by atoms with Crippen LogP contribution < -0.4 is 0 Å². The van der Waals surface area contributed by atoms with Crippen LogP contribution >= 0.6 is 0 Å². The van der Waals surface area contributed by atoms with Gasteiger partial charge in [-0.1, -0.05) is 24.1 Å². The van der Waals surface area contributed by atoms with Crippen molar-refractivity contribution in [2.45, 2.75) is 0 Å². The molecule has 0 atom stereocenters. The highest BCUT2D eigenvalue weighted by Gasteiger charge is 2.03. The van der Waals surface area contributed by atoms with E-state index in [0.29, 0.717) is 5.56 Å². The number of hydrogen-bond acceptors (Lipinski definition) is 0. The molecule has 0 saturated carbocycles. The zero-order valence-electron chi connectivity index (χ0n) is 8.37. The standard InChI is InChI=1S/C14H8F2/c1-2-10-3-5-11(6-4-10)12-7-8-13(15)14(16)9-12/h1,3-9H. The van der Waals surface area contributed by atoms with Gasteiger partial charge in [-0.3, -0.25) is 0 Å². The molecule has 78 valence electrons. The number of terminal acetylenes is 1. The maximum atomic E-state index is 13.0. The molecule has 0 amide bonds. The Morgan fingerprint density at radius 1 is 0.812 bits per heavy atom. The number of benzene rings is 2. The third kappa shape index (κ3) is 1.94. The van der Waals surface area contributed by atoms with E-state index in [0.717, 1.165) is 17.2 Å². The highest BCUT2D eigenvalue weighted by molar-refractivity contribution is 5.64. The normalized spacial score (nSPS) is 9.81. The predicted octanol–water partition coefficient (Wildman–Crippen LogP) is 3.61. The average molecular weight is 214 g/mol. The summed E-state index contributed by atoms with van der Waals surface area (Å²) in [7, 11) is 0. The second-order valence-corrected chi connectivity index (χ2v) is 3.35. The van der Waals surface area contributed by atoms with Crippen molar-refractivity contribution in [1.82, 2.24) is 0 Å². The minimum absolute atomic E-state index is 0.627. The second-order valence-electron chi connectivity index (χ2n) is 3.35.